The number of rotatable bonds is 3. The molecule has 0 radical (unpaired) electrons. The Labute approximate surface area is 115 Å². The first kappa shape index (κ1) is 14.3. The zero-order chi connectivity index (χ0) is 13.9. The van der Waals surface area contributed by atoms with Crippen LogP contribution in [-0.2, 0) is 10.0 Å². The summed E-state index contributed by atoms with van der Waals surface area (Å²) >= 11 is 0. The molecule has 0 saturated carbocycles. The topological polar surface area (TPSA) is 52.7 Å². The first-order valence-corrected chi connectivity index (χ1v) is 7.95. The molecule has 6 heteroatoms. The Kier molecular flexibility index (Phi) is 4.44. The van der Waals surface area contributed by atoms with Gasteiger partial charge in [0.2, 0.25) is 10.0 Å². The number of para-hydroxylation sites is 1. The van der Waals surface area contributed by atoms with Crippen LogP contribution in [0.3, 0.4) is 0 Å². The SMILES string of the molecule is CN(C)S(=O)(=O)c1ccccc1N1CCCNCC1. The summed E-state index contributed by atoms with van der Waals surface area (Å²) in [6.07, 6.45) is 1.02. The van der Waals surface area contributed by atoms with Crippen LogP contribution >= 0.6 is 0 Å². The van der Waals surface area contributed by atoms with Crippen molar-refractivity contribution >= 4 is 15.7 Å². The summed E-state index contributed by atoms with van der Waals surface area (Å²) in [6, 6.07) is 7.24. The van der Waals surface area contributed by atoms with E-state index in [0.29, 0.717) is 4.90 Å². The van der Waals surface area contributed by atoms with Gasteiger partial charge in [0.25, 0.3) is 0 Å². The Morgan fingerprint density at radius 3 is 2.63 bits per heavy atom. The molecule has 5 nitrogen and oxygen atoms in total. The molecule has 0 aromatic heterocycles. The molecule has 1 aliphatic rings. The van der Waals surface area contributed by atoms with Crippen molar-refractivity contribution < 1.29 is 8.42 Å². The van der Waals surface area contributed by atoms with Gasteiger partial charge in [-0.2, -0.15) is 0 Å². The van der Waals surface area contributed by atoms with Crippen LogP contribution < -0.4 is 10.2 Å². The van der Waals surface area contributed by atoms with Crippen LogP contribution in [-0.4, -0.2) is 53.0 Å². The zero-order valence-corrected chi connectivity index (χ0v) is 12.3. The van der Waals surface area contributed by atoms with Gasteiger partial charge < -0.3 is 10.2 Å². The van der Waals surface area contributed by atoms with Gasteiger partial charge in [-0.3, -0.25) is 0 Å². The second kappa shape index (κ2) is 5.90. The maximum Gasteiger partial charge on any atom is 0.244 e. The highest BCUT2D eigenvalue weighted by atomic mass is 32.2. The third-order valence-electron chi connectivity index (χ3n) is 3.30. The van der Waals surface area contributed by atoms with Gasteiger partial charge in [-0.1, -0.05) is 12.1 Å². The van der Waals surface area contributed by atoms with Crippen molar-refractivity contribution in [2.75, 3.05) is 45.2 Å². The summed E-state index contributed by atoms with van der Waals surface area (Å²) in [4.78, 5) is 2.54. The largest absolute Gasteiger partial charge is 0.369 e. The fraction of sp³-hybridized carbons (Fsp3) is 0.538. The van der Waals surface area contributed by atoms with E-state index in [0.717, 1.165) is 38.3 Å². The Hall–Kier alpha value is -1.11. The molecule has 0 bridgehead atoms. The van der Waals surface area contributed by atoms with Gasteiger partial charge in [0.05, 0.1) is 5.69 Å². The smallest absolute Gasteiger partial charge is 0.244 e. The van der Waals surface area contributed by atoms with Crippen molar-refractivity contribution in [1.29, 1.82) is 0 Å². The number of nitrogens with one attached hydrogen (secondary N) is 1. The average Bonchev–Trinajstić information content (AvgIpc) is 2.67. The Morgan fingerprint density at radius 2 is 1.89 bits per heavy atom. The number of hydrogen-bond donors (Lipinski definition) is 1. The lowest BCUT2D eigenvalue weighted by atomic mass is 10.2. The summed E-state index contributed by atoms with van der Waals surface area (Å²) in [5, 5.41) is 3.33. The summed E-state index contributed by atoms with van der Waals surface area (Å²) in [5.74, 6) is 0. The molecular formula is C13H21N3O2S. The van der Waals surface area contributed by atoms with Crippen LogP contribution in [0, 0.1) is 0 Å². The third kappa shape index (κ3) is 3.08. The molecule has 106 valence electrons. The van der Waals surface area contributed by atoms with Crippen LogP contribution in [0.25, 0.3) is 0 Å². The first-order valence-electron chi connectivity index (χ1n) is 6.50. The van der Waals surface area contributed by atoms with E-state index in [4.69, 9.17) is 0 Å². The van der Waals surface area contributed by atoms with Crippen molar-refractivity contribution in [1.82, 2.24) is 9.62 Å². The number of anilines is 1. The highest BCUT2D eigenvalue weighted by Crippen LogP contribution is 2.27. The van der Waals surface area contributed by atoms with E-state index in [9.17, 15) is 8.42 Å². The van der Waals surface area contributed by atoms with Crippen molar-refractivity contribution in [2.24, 2.45) is 0 Å². The Balaban J connectivity index is 2.41. The minimum absolute atomic E-state index is 0.391. The molecule has 1 saturated heterocycles. The van der Waals surface area contributed by atoms with Crippen LogP contribution in [0.1, 0.15) is 6.42 Å². The minimum atomic E-state index is -3.40. The Morgan fingerprint density at radius 1 is 1.16 bits per heavy atom. The van der Waals surface area contributed by atoms with E-state index < -0.39 is 10.0 Å². The monoisotopic (exact) mass is 283 g/mol. The number of nitrogens with zero attached hydrogens (tertiary/aromatic N) is 2. The molecular weight excluding hydrogens is 262 g/mol. The molecule has 0 amide bonds. The van der Waals surface area contributed by atoms with E-state index in [1.54, 1.807) is 26.2 Å². The quantitative estimate of drug-likeness (QED) is 0.889. The standard InChI is InChI=1S/C13H21N3O2S/c1-15(2)19(17,18)13-7-4-3-6-12(13)16-10-5-8-14-9-11-16/h3-4,6-7,14H,5,8-11H2,1-2H3. The van der Waals surface area contributed by atoms with E-state index in [1.165, 1.54) is 4.31 Å². The number of benzene rings is 1. The third-order valence-corrected chi connectivity index (χ3v) is 5.17. The molecule has 1 aromatic carbocycles. The maximum atomic E-state index is 12.4. The summed E-state index contributed by atoms with van der Waals surface area (Å²) in [5.41, 5.74) is 0.805. The number of sulfonamides is 1. The predicted octanol–water partition coefficient (Wildman–Crippen LogP) is 0.737. The van der Waals surface area contributed by atoms with Gasteiger partial charge in [-0.05, 0) is 25.1 Å². The normalized spacial score (nSPS) is 17.5. The fourth-order valence-electron chi connectivity index (χ4n) is 2.22. The maximum absolute atomic E-state index is 12.4. The number of hydrogen-bond acceptors (Lipinski definition) is 4. The van der Waals surface area contributed by atoms with Gasteiger partial charge in [0.1, 0.15) is 4.90 Å². The highest BCUT2D eigenvalue weighted by molar-refractivity contribution is 7.89. The lowest BCUT2D eigenvalue weighted by molar-refractivity contribution is 0.520. The minimum Gasteiger partial charge on any atom is -0.369 e. The summed E-state index contributed by atoms with van der Waals surface area (Å²) in [7, 11) is -0.266. The van der Waals surface area contributed by atoms with Crippen LogP contribution in [0.5, 0.6) is 0 Å². The van der Waals surface area contributed by atoms with E-state index >= 15 is 0 Å². The van der Waals surface area contributed by atoms with Crippen LogP contribution in [0.15, 0.2) is 29.2 Å². The molecule has 19 heavy (non-hydrogen) atoms. The lowest BCUT2D eigenvalue weighted by Crippen LogP contribution is -2.31. The van der Waals surface area contributed by atoms with Gasteiger partial charge in [0, 0.05) is 33.7 Å². The van der Waals surface area contributed by atoms with Crippen molar-refractivity contribution in [3.05, 3.63) is 24.3 Å². The molecule has 0 spiro atoms. The Bertz CT molecular complexity index is 520. The van der Waals surface area contributed by atoms with E-state index in [2.05, 4.69) is 10.2 Å². The molecule has 0 atom stereocenters. The molecule has 0 unspecified atom stereocenters. The summed E-state index contributed by atoms with van der Waals surface area (Å²) in [6.45, 7) is 3.59. The molecule has 2 rings (SSSR count). The van der Waals surface area contributed by atoms with E-state index in [-0.39, 0.29) is 0 Å². The van der Waals surface area contributed by atoms with Gasteiger partial charge >= 0.3 is 0 Å². The average molecular weight is 283 g/mol. The predicted molar refractivity (Wildman–Crippen MR) is 77.0 cm³/mol. The van der Waals surface area contributed by atoms with Crippen molar-refractivity contribution in [2.45, 2.75) is 11.3 Å². The van der Waals surface area contributed by atoms with Crippen LogP contribution in [0.2, 0.25) is 0 Å². The second-order valence-electron chi connectivity index (χ2n) is 4.85. The molecule has 1 fully saturated rings. The highest BCUT2D eigenvalue weighted by Gasteiger charge is 2.23. The lowest BCUT2D eigenvalue weighted by Gasteiger charge is -2.25. The molecule has 1 aromatic rings. The molecule has 1 heterocycles. The van der Waals surface area contributed by atoms with Gasteiger partial charge in [0.15, 0.2) is 0 Å². The fourth-order valence-corrected chi connectivity index (χ4v) is 3.33. The van der Waals surface area contributed by atoms with Gasteiger partial charge in [-0.15, -0.1) is 0 Å². The van der Waals surface area contributed by atoms with Gasteiger partial charge in [-0.25, -0.2) is 12.7 Å². The van der Waals surface area contributed by atoms with E-state index in [1.807, 2.05) is 12.1 Å². The molecule has 1 N–H and O–H groups in total. The van der Waals surface area contributed by atoms with Crippen LogP contribution in [0.4, 0.5) is 5.69 Å². The summed E-state index contributed by atoms with van der Waals surface area (Å²) < 4.78 is 26.0. The molecule has 0 aliphatic carbocycles. The zero-order valence-electron chi connectivity index (χ0n) is 11.5. The molecule has 1 aliphatic heterocycles. The van der Waals surface area contributed by atoms with Crippen molar-refractivity contribution in [3.63, 3.8) is 0 Å². The second-order valence-corrected chi connectivity index (χ2v) is 6.97. The van der Waals surface area contributed by atoms with Crippen molar-refractivity contribution in [3.8, 4) is 0 Å². The first-order chi connectivity index (χ1) is 9.03.